The topological polar surface area (TPSA) is 100 Å². The highest BCUT2D eigenvalue weighted by molar-refractivity contribution is 6.02. The number of rotatable bonds is 10. The van der Waals surface area contributed by atoms with Crippen LogP contribution >= 0.6 is 0 Å². The number of para-hydroxylation sites is 1. The van der Waals surface area contributed by atoms with Crippen molar-refractivity contribution in [1.29, 1.82) is 0 Å². The minimum absolute atomic E-state index is 0.308. The van der Waals surface area contributed by atoms with Gasteiger partial charge in [-0.1, -0.05) is 24.8 Å². The summed E-state index contributed by atoms with van der Waals surface area (Å²) >= 11 is 0. The first-order valence-electron chi connectivity index (χ1n) is 11.9. The number of carbonyl (C=O) groups is 1. The lowest BCUT2D eigenvalue weighted by Crippen LogP contribution is -2.29. The quantitative estimate of drug-likeness (QED) is 0.315. The van der Waals surface area contributed by atoms with Gasteiger partial charge in [-0.05, 0) is 39.2 Å². The Morgan fingerprint density at radius 1 is 1.14 bits per heavy atom. The van der Waals surface area contributed by atoms with Crippen molar-refractivity contribution >= 4 is 39.8 Å². The van der Waals surface area contributed by atoms with Gasteiger partial charge in [0, 0.05) is 43.9 Å². The van der Waals surface area contributed by atoms with Crippen molar-refractivity contribution in [3.05, 3.63) is 67.0 Å². The summed E-state index contributed by atoms with van der Waals surface area (Å²) in [6.07, 6.45) is 2.91. The number of nitrogens with one attached hydrogen (secondary N) is 2. The van der Waals surface area contributed by atoms with E-state index in [1.54, 1.807) is 24.1 Å². The molecule has 10 nitrogen and oxygen atoms in total. The summed E-state index contributed by atoms with van der Waals surface area (Å²) in [6.45, 7) is 7.14. The first kappa shape index (κ1) is 25.6. The molecular weight excluding hydrogens is 468 g/mol. The molecular formula is C27H32N8O2. The number of ether oxygens (including phenoxy) is 1. The molecule has 2 aromatic carbocycles. The van der Waals surface area contributed by atoms with E-state index in [0.717, 1.165) is 35.4 Å². The van der Waals surface area contributed by atoms with Gasteiger partial charge in [0.25, 0.3) is 0 Å². The molecule has 2 N–H and O–H groups in total. The van der Waals surface area contributed by atoms with Crippen molar-refractivity contribution in [3.8, 4) is 11.6 Å². The Kier molecular flexibility index (Phi) is 7.69. The number of fused-ring (bicyclic) bond motifs is 1. The van der Waals surface area contributed by atoms with Gasteiger partial charge >= 0.3 is 0 Å². The second kappa shape index (κ2) is 11.1. The van der Waals surface area contributed by atoms with Crippen molar-refractivity contribution in [2.24, 2.45) is 0 Å². The predicted molar refractivity (Wildman–Crippen MR) is 148 cm³/mol. The number of amides is 1. The lowest BCUT2D eigenvalue weighted by atomic mass is 10.2. The molecule has 10 heteroatoms. The molecule has 0 aliphatic heterocycles. The summed E-state index contributed by atoms with van der Waals surface area (Å²) in [5.41, 5.74) is 3.90. The number of hydrogen-bond donors (Lipinski definition) is 2. The van der Waals surface area contributed by atoms with E-state index in [9.17, 15) is 4.79 Å². The molecule has 1 amide bonds. The van der Waals surface area contributed by atoms with Crippen LogP contribution in [0.15, 0.2) is 61.3 Å². The molecule has 0 radical (unpaired) electrons. The van der Waals surface area contributed by atoms with Crippen LogP contribution in [-0.2, 0) is 4.79 Å². The third-order valence-corrected chi connectivity index (χ3v) is 5.93. The largest absolute Gasteiger partial charge is 0.494 e. The van der Waals surface area contributed by atoms with E-state index in [1.165, 1.54) is 6.08 Å². The lowest BCUT2D eigenvalue weighted by molar-refractivity contribution is -0.111. The van der Waals surface area contributed by atoms with Gasteiger partial charge in [0.1, 0.15) is 5.75 Å². The Balaban J connectivity index is 1.71. The molecule has 2 aromatic heterocycles. The maximum Gasteiger partial charge on any atom is 0.247 e. The van der Waals surface area contributed by atoms with Crippen LogP contribution in [0.2, 0.25) is 0 Å². The molecule has 0 fully saturated rings. The maximum atomic E-state index is 12.2. The standard InChI is InChI=1S/C27H32N8O2/c1-7-26(36)29-20-16-21(24(37-6)17-23(20)34(5)15-14-33(3)4)30-27-28-13-12-25(31-27)35-22-11-9-8-10-19(22)18(2)32-35/h7-13,16-17H,1,14-15H2,2-6H3,(H,29,36)(H,28,30,31). The van der Waals surface area contributed by atoms with Crippen molar-refractivity contribution in [3.63, 3.8) is 0 Å². The lowest BCUT2D eigenvalue weighted by Gasteiger charge is -2.26. The van der Waals surface area contributed by atoms with E-state index in [4.69, 9.17) is 9.72 Å². The van der Waals surface area contributed by atoms with Crippen LogP contribution in [-0.4, -0.2) is 71.9 Å². The fourth-order valence-corrected chi connectivity index (χ4v) is 3.95. The Morgan fingerprint density at radius 3 is 2.65 bits per heavy atom. The highest BCUT2D eigenvalue weighted by Gasteiger charge is 2.17. The molecule has 192 valence electrons. The first-order chi connectivity index (χ1) is 17.8. The summed E-state index contributed by atoms with van der Waals surface area (Å²) in [4.78, 5) is 25.5. The number of carbonyl (C=O) groups excluding carboxylic acids is 1. The molecule has 4 aromatic rings. The average Bonchev–Trinajstić information content (AvgIpc) is 3.24. The smallest absolute Gasteiger partial charge is 0.247 e. The van der Waals surface area contributed by atoms with E-state index >= 15 is 0 Å². The third kappa shape index (κ3) is 5.70. The molecule has 0 aliphatic carbocycles. The molecule has 0 atom stereocenters. The Bertz CT molecular complexity index is 1430. The Morgan fingerprint density at radius 2 is 1.92 bits per heavy atom. The summed E-state index contributed by atoms with van der Waals surface area (Å²) in [5.74, 6) is 1.26. The van der Waals surface area contributed by atoms with Gasteiger partial charge in [0.15, 0.2) is 5.82 Å². The van der Waals surface area contributed by atoms with Crippen molar-refractivity contribution in [1.82, 2.24) is 24.6 Å². The minimum atomic E-state index is -0.308. The second-order valence-corrected chi connectivity index (χ2v) is 8.87. The highest BCUT2D eigenvalue weighted by Crippen LogP contribution is 2.38. The molecule has 0 saturated carbocycles. The van der Waals surface area contributed by atoms with Crippen LogP contribution in [0.5, 0.6) is 5.75 Å². The number of aryl methyl sites for hydroxylation is 1. The normalized spacial score (nSPS) is 11.0. The fourth-order valence-electron chi connectivity index (χ4n) is 3.95. The van der Waals surface area contributed by atoms with Crippen LogP contribution in [0.4, 0.5) is 23.0 Å². The fraction of sp³-hybridized carbons (Fsp3) is 0.259. The third-order valence-electron chi connectivity index (χ3n) is 5.93. The molecule has 0 bridgehead atoms. The van der Waals surface area contributed by atoms with Gasteiger partial charge in [-0.25, -0.2) is 9.67 Å². The monoisotopic (exact) mass is 500 g/mol. The van der Waals surface area contributed by atoms with E-state index in [0.29, 0.717) is 28.9 Å². The molecule has 2 heterocycles. The molecule has 0 saturated heterocycles. The number of likely N-dealkylation sites (N-methyl/N-ethyl adjacent to an activating group) is 2. The molecule has 0 aliphatic rings. The van der Waals surface area contributed by atoms with E-state index in [-0.39, 0.29) is 5.91 Å². The van der Waals surface area contributed by atoms with E-state index < -0.39 is 0 Å². The molecule has 37 heavy (non-hydrogen) atoms. The number of aromatic nitrogens is 4. The van der Waals surface area contributed by atoms with E-state index in [1.807, 2.05) is 64.5 Å². The zero-order valence-corrected chi connectivity index (χ0v) is 21.8. The Labute approximate surface area is 216 Å². The molecule has 0 unspecified atom stereocenters. The average molecular weight is 501 g/mol. The maximum absolute atomic E-state index is 12.2. The number of nitrogens with zero attached hydrogens (tertiary/aromatic N) is 6. The summed E-state index contributed by atoms with van der Waals surface area (Å²) in [5, 5.41) is 11.9. The number of anilines is 4. The Hall–Kier alpha value is -4.44. The van der Waals surface area contributed by atoms with Crippen LogP contribution in [0.25, 0.3) is 16.7 Å². The summed E-state index contributed by atoms with van der Waals surface area (Å²) < 4.78 is 7.49. The van der Waals surface area contributed by atoms with Crippen LogP contribution in [0.3, 0.4) is 0 Å². The first-order valence-corrected chi connectivity index (χ1v) is 11.9. The van der Waals surface area contributed by atoms with Gasteiger partial charge in [0.2, 0.25) is 11.9 Å². The van der Waals surface area contributed by atoms with E-state index in [2.05, 4.69) is 37.1 Å². The zero-order valence-electron chi connectivity index (χ0n) is 21.8. The van der Waals surface area contributed by atoms with Crippen molar-refractivity contribution < 1.29 is 9.53 Å². The molecule has 4 rings (SSSR count). The number of hydrogen-bond acceptors (Lipinski definition) is 8. The number of benzene rings is 2. The second-order valence-electron chi connectivity index (χ2n) is 8.87. The van der Waals surface area contributed by atoms with Crippen molar-refractivity contribution in [2.75, 3.05) is 56.9 Å². The SMILES string of the molecule is C=CC(=O)Nc1cc(Nc2nccc(-n3nc(C)c4ccccc43)n2)c(OC)cc1N(C)CCN(C)C. The molecule has 0 spiro atoms. The van der Waals surface area contributed by atoms with Gasteiger partial charge in [0.05, 0.1) is 35.4 Å². The zero-order chi connectivity index (χ0) is 26.5. The summed E-state index contributed by atoms with van der Waals surface area (Å²) in [6, 6.07) is 13.5. The van der Waals surface area contributed by atoms with Crippen LogP contribution in [0, 0.1) is 6.92 Å². The van der Waals surface area contributed by atoms with Crippen molar-refractivity contribution in [2.45, 2.75) is 6.92 Å². The van der Waals surface area contributed by atoms with Gasteiger partial charge in [-0.3, -0.25) is 4.79 Å². The van der Waals surface area contributed by atoms with Gasteiger partial charge in [-0.15, -0.1) is 0 Å². The summed E-state index contributed by atoms with van der Waals surface area (Å²) in [7, 11) is 7.60. The number of methoxy groups -OCH3 is 1. The predicted octanol–water partition coefficient (Wildman–Crippen LogP) is 4.00. The van der Waals surface area contributed by atoms with Gasteiger partial charge in [-0.2, -0.15) is 10.1 Å². The van der Waals surface area contributed by atoms with Crippen LogP contribution < -0.4 is 20.3 Å². The minimum Gasteiger partial charge on any atom is -0.494 e. The highest BCUT2D eigenvalue weighted by atomic mass is 16.5. The van der Waals surface area contributed by atoms with Crippen LogP contribution in [0.1, 0.15) is 5.69 Å². The van der Waals surface area contributed by atoms with Gasteiger partial charge < -0.3 is 25.2 Å².